The molecular formula is C22H9N5O10. The number of hydrogen-bond donors (Lipinski definition) is 0. The van der Waals surface area contributed by atoms with Crippen LogP contribution in [0.5, 0.6) is 0 Å². The molecule has 0 radical (unpaired) electrons. The Balaban J connectivity index is 1.66. The highest BCUT2D eigenvalue weighted by Crippen LogP contribution is 2.41. The first-order valence-electron chi connectivity index (χ1n) is 10.2. The second kappa shape index (κ2) is 7.84. The Morgan fingerprint density at radius 2 is 1.00 bits per heavy atom. The molecule has 3 aromatic carbocycles. The number of anilines is 2. The summed E-state index contributed by atoms with van der Waals surface area (Å²) in [6.07, 6.45) is 0. The molecule has 15 heteroatoms. The molecule has 0 aromatic heterocycles. The normalized spacial score (nSPS) is 14.2. The molecule has 0 N–H and O–H groups in total. The number of amides is 4. The molecule has 0 fully saturated rings. The van der Waals surface area contributed by atoms with Gasteiger partial charge in [-0.2, -0.15) is 0 Å². The number of imide groups is 2. The van der Waals surface area contributed by atoms with Crippen LogP contribution in [0.3, 0.4) is 0 Å². The van der Waals surface area contributed by atoms with E-state index < -0.39 is 72.3 Å². The number of fused-ring (bicyclic) bond motifs is 2. The van der Waals surface area contributed by atoms with Crippen molar-refractivity contribution >= 4 is 52.1 Å². The second-order valence-corrected chi connectivity index (χ2v) is 7.74. The second-order valence-electron chi connectivity index (χ2n) is 7.74. The summed E-state index contributed by atoms with van der Waals surface area (Å²) >= 11 is 0. The summed E-state index contributed by atoms with van der Waals surface area (Å²) in [5, 5.41) is 34.5. The Morgan fingerprint density at radius 3 is 1.49 bits per heavy atom. The van der Waals surface area contributed by atoms with E-state index in [0.717, 1.165) is 36.4 Å². The largest absolute Gasteiger partial charge is 0.293 e. The Kier molecular flexibility index (Phi) is 4.85. The third-order valence-electron chi connectivity index (χ3n) is 5.83. The van der Waals surface area contributed by atoms with E-state index in [0.29, 0.717) is 9.80 Å². The maximum atomic E-state index is 13.1. The summed E-state index contributed by atoms with van der Waals surface area (Å²) in [5.74, 6) is -4.38. The number of nitro groups is 3. The molecule has 2 aliphatic heterocycles. The predicted octanol–water partition coefficient (Wildman–Crippen LogP) is 3.01. The standard InChI is InChI=1S/C22H9N5O10/c28-19-11-3-1-5-14(26(34)35)17(11)21(30)23(19)10-7-8-13(25(32)33)16(9-10)24-20(29)12-4-2-6-15(27(36)37)18(12)22(24)31/h1-9H. The summed E-state index contributed by atoms with van der Waals surface area (Å²) in [6.45, 7) is 0. The topological polar surface area (TPSA) is 204 Å². The molecule has 3 aromatic rings. The summed E-state index contributed by atoms with van der Waals surface area (Å²) in [4.78, 5) is 84.9. The number of carbonyl (C=O) groups is 4. The molecule has 0 saturated heterocycles. The molecule has 2 aliphatic rings. The molecule has 0 unspecified atom stereocenters. The fourth-order valence-corrected chi connectivity index (χ4v) is 4.28. The van der Waals surface area contributed by atoms with Crippen molar-refractivity contribution in [2.24, 2.45) is 0 Å². The maximum Gasteiger partial charge on any atom is 0.293 e. The zero-order chi connectivity index (χ0) is 26.8. The van der Waals surface area contributed by atoms with Gasteiger partial charge >= 0.3 is 0 Å². The summed E-state index contributed by atoms with van der Waals surface area (Å²) in [7, 11) is 0. The van der Waals surface area contributed by atoms with Gasteiger partial charge < -0.3 is 0 Å². The van der Waals surface area contributed by atoms with Gasteiger partial charge in [0.05, 0.1) is 31.6 Å². The van der Waals surface area contributed by atoms with Crippen LogP contribution < -0.4 is 9.80 Å². The van der Waals surface area contributed by atoms with Crippen molar-refractivity contribution < 1.29 is 33.9 Å². The van der Waals surface area contributed by atoms with Crippen LogP contribution in [0, 0.1) is 30.3 Å². The van der Waals surface area contributed by atoms with Gasteiger partial charge in [0.25, 0.3) is 40.7 Å². The van der Waals surface area contributed by atoms with Gasteiger partial charge in [-0.15, -0.1) is 0 Å². The molecule has 0 atom stereocenters. The van der Waals surface area contributed by atoms with E-state index in [1.165, 1.54) is 18.2 Å². The van der Waals surface area contributed by atoms with E-state index in [9.17, 15) is 49.5 Å². The molecule has 37 heavy (non-hydrogen) atoms. The third kappa shape index (κ3) is 3.14. The van der Waals surface area contributed by atoms with Crippen molar-refractivity contribution in [1.29, 1.82) is 0 Å². The van der Waals surface area contributed by atoms with Gasteiger partial charge in [0.2, 0.25) is 0 Å². The van der Waals surface area contributed by atoms with Gasteiger partial charge in [-0.1, -0.05) is 12.1 Å². The Morgan fingerprint density at radius 1 is 0.541 bits per heavy atom. The predicted molar refractivity (Wildman–Crippen MR) is 122 cm³/mol. The van der Waals surface area contributed by atoms with Gasteiger partial charge in [-0.3, -0.25) is 49.5 Å². The van der Waals surface area contributed by atoms with Crippen LogP contribution in [0.2, 0.25) is 0 Å². The highest BCUT2D eigenvalue weighted by molar-refractivity contribution is 6.38. The molecule has 0 aliphatic carbocycles. The number of nitro benzene ring substituents is 3. The van der Waals surface area contributed by atoms with Gasteiger partial charge in [0.15, 0.2) is 0 Å². The van der Waals surface area contributed by atoms with E-state index in [2.05, 4.69) is 0 Å². The molecule has 5 rings (SSSR count). The molecule has 4 amide bonds. The number of carbonyl (C=O) groups excluding carboxylic acids is 4. The van der Waals surface area contributed by atoms with Crippen LogP contribution in [0.1, 0.15) is 41.4 Å². The lowest BCUT2D eigenvalue weighted by Crippen LogP contribution is -2.32. The maximum absolute atomic E-state index is 13.1. The molecular weight excluding hydrogens is 494 g/mol. The minimum absolute atomic E-state index is 0.282. The number of hydrogen-bond acceptors (Lipinski definition) is 10. The highest BCUT2D eigenvalue weighted by Gasteiger charge is 2.46. The Hall–Kier alpha value is -5.86. The summed E-state index contributed by atoms with van der Waals surface area (Å²) in [5.41, 5.74) is -4.80. The smallest absolute Gasteiger partial charge is 0.268 e. The lowest BCUT2D eigenvalue weighted by atomic mass is 10.1. The number of nitrogens with zero attached hydrogens (tertiary/aromatic N) is 5. The highest BCUT2D eigenvalue weighted by atomic mass is 16.6. The first-order chi connectivity index (χ1) is 17.5. The quantitative estimate of drug-likeness (QED) is 0.283. The third-order valence-corrected chi connectivity index (χ3v) is 5.83. The summed E-state index contributed by atoms with van der Waals surface area (Å²) < 4.78 is 0. The first-order valence-corrected chi connectivity index (χ1v) is 10.2. The van der Waals surface area contributed by atoms with E-state index in [1.807, 2.05) is 0 Å². The molecule has 2 heterocycles. The van der Waals surface area contributed by atoms with Crippen molar-refractivity contribution in [3.63, 3.8) is 0 Å². The van der Waals surface area contributed by atoms with Crippen LogP contribution in [0.15, 0.2) is 54.6 Å². The molecule has 0 bridgehead atoms. The van der Waals surface area contributed by atoms with Gasteiger partial charge in [0, 0.05) is 18.2 Å². The fraction of sp³-hybridized carbons (Fsp3) is 0. The molecule has 0 saturated carbocycles. The molecule has 15 nitrogen and oxygen atoms in total. The van der Waals surface area contributed by atoms with Crippen molar-refractivity contribution in [3.05, 3.63) is 107 Å². The van der Waals surface area contributed by atoms with E-state index in [1.54, 1.807) is 0 Å². The van der Waals surface area contributed by atoms with Crippen molar-refractivity contribution in [2.45, 2.75) is 0 Å². The number of rotatable bonds is 5. The summed E-state index contributed by atoms with van der Waals surface area (Å²) in [6, 6.07) is 9.40. The van der Waals surface area contributed by atoms with Crippen molar-refractivity contribution in [2.75, 3.05) is 9.80 Å². The Labute approximate surface area is 203 Å². The molecule has 0 spiro atoms. The van der Waals surface area contributed by atoms with Crippen LogP contribution in [-0.2, 0) is 0 Å². The zero-order valence-corrected chi connectivity index (χ0v) is 18.0. The zero-order valence-electron chi connectivity index (χ0n) is 18.0. The first kappa shape index (κ1) is 22.9. The SMILES string of the molecule is O=C1c2cccc([N+](=O)[O-])c2C(=O)N1c1ccc([N+](=O)[O-])c(N2C(=O)c3cccc([N+](=O)[O-])c3C2=O)c1. The van der Waals surface area contributed by atoms with Crippen LogP contribution in [0.25, 0.3) is 0 Å². The van der Waals surface area contributed by atoms with E-state index in [-0.39, 0.29) is 16.8 Å². The van der Waals surface area contributed by atoms with Crippen molar-refractivity contribution in [1.82, 2.24) is 0 Å². The average molecular weight is 503 g/mol. The number of benzene rings is 3. The van der Waals surface area contributed by atoms with E-state index >= 15 is 0 Å². The monoisotopic (exact) mass is 503 g/mol. The van der Waals surface area contributed by atoms with Crippen LogP contribution in [-0.4, -0.2) is 38.4 Å². The lowest BCUT2D eigenvalue weighted by Gasteiger charge is -2.18. The van der Waals surface area contributed by atoms with Crippen LogP contribution >= 0.6 is 0 Å². The molecule has 182 valence electrons. The van der Waals surface area contributed by atoms with Gasteiger partial charge in [0.1, 0.15) is 16.8 Å². The van der Waals surface area contributed by atoms with Gasteiger partial charge in [-0.25, -0.2) is 9.80 Å². The van der Waals surface area contributed by atoms with Gasteiger partial charge in [-0.05, 0) is 24.3 Å². The van der Waals surface area contributed by atoms with E-state index in [4.69, 9.17) is 0 Å². The minimum atomic E-state index is -1.22. The van der Waals surface area contributed by atoms with Crippen LogP contribution in [0.4, 0.5) is 28.4 Å². The lowest BCUT2D eigenvalue weighted by molar-refractivity contribution is -0.385. The average Bonchev–Trinajstić information content (AvgIpc) is 3.27. The van der Waals surface area contributed by atoms with Crippen molar-refractivity contribution in [3.8, 4) is 0 Å². The fourth-order valence-electron chi connectivity index (χ4n) is 4.28. The Bertz CT molecular complexity index is 1660. The minimum Gasteiger partial charge on any atom is -0.268 e.